The van der Waals surface area contributed by atoms with Gasteiger partial charge in [-0.3, -0.25) is 0 Å². The number of aryl methyl sites for hydroxylation is 1. The van der Waals surface area contributed by atoms with E-state index in [2.05, 4.69) is 18.7 Å². The van der Waals surface area contributed by atoms with Crippen LogP contribution >= 0.6 is 0 Å². The summed E-state index contributed by atoms with van der Waals surface area (Å²) in [6.45, 7) is 14.4. The van der Waals surface area contributed by atoms with Crippen molar-refractivity contribution in [2.24, 2.45) is 0 Å². The molecule has 35 heavy (non-hydrogen) atoms. The number of benzene rings is 1. The van der Waals surface area contributed by atoms with Gasteiger partial charge in [-0.05, 0) is 86.7 Å². The highest BCUT2D eigenvalue weighted by Gasteiger charge is 2.28. The maximum absolute atomic E-state index is 13.7. The number of aromatic nitrogens is 1. The molecule has 0 aliphatic heterocycles. The third kappa shape index (κ3) is 6.68. The van der Waals surface area contributed by atoms with Crippen molar-refractivity contribution in [2.75, 3.05) is 26.2 Å². The number of pyridine rings is 1. The van der Waals surface area contributed by atoms with Crippen LogP contribution in [0.2, 0.25) is 0 Å². The van der Waals surface area contributed by atoms with Crippen molar-refractivity contribution >= 4 is 15.4 Å². The fourth-order valence-electron chi connectivity index (χ4n) is 4.49. The molecule has 5 nitrogen and oxygen atoms in total. The highest BCUT2D eigenvalue weighted by molar-refractivity contribution is 7.91. The third-order valence-electron chi connectivity index (χ3n) is 6.55. The Kier molecular flexibility index (Phi) is 9.81. The molecule has 0 N–H and O–H groups in total. The molecule has 0 bridgehead atoms. The van der Waals surface area contributed by atoms with Gasteiger partial charge in [-0.1, -0.05) is 46.6 Å². The summed E-state index contributed by atoms with van der Waals surface area (Å²) in [5, 5.41) is 0. The Labute approximate surface area is 212 Å². The van der Waals surface area contributed by atoms with Crippen LogP contribution in [-0.2, 0) is 9.84 Å². The van der Waals surface area contributed by atoms with Gasteiger partial charge in [0, 0.05) is 18.9 Å². The Hall–Kier alpha value is -2.31. The number of hydrogen-bond donors (Lipinski definition) is 0. The van der Waals surface area contributed by atoms with E-state index >= 15 is 0 Å². The van der Waals surface area contributed by atoms with E-state index in [0.717, 1.165) is 42.7 Å². The summed E-state index contributed by atoms with van der Waals surface area (Å²) < 4.78 is 35.4. The molecule has 3 rings (SSSR count). The Bertz CT molecular complexity index is 1170. The fraction of sp³-hybridized carbons (Fsp3) is 0.517. The second kappa shape index (κ2) is 12.6. The standard InChI is InChI=1S/C29H42N2O3S/c1-6-8-17-30(18-9-7-2)19-11-21-34-25-13-15-26(16-14-25)35(32,33)29-27(23(3)4)22-31-20-10-12-24(5)28(29)31/h10,12-16,20,22-23H,6-9,11,17-19,21H2,1-5H3. The van der Waals surface area contributed by atoms with Gasteiger partial charge in [-0.15, -0.1) is 0 Å². The van der Waals surface area contributed by atoms with Crippen LogP contribution in [0.1, 0.15) is 76.8 Å². The predicted octanol–water partition coefficient (Wildman–Crippen LogP) is 6.88. The third-order valence-corrected chi connectivity index (χ3v) is 8.41. The van der Waals surface area contributed by atoms with Crippen molar-refractivity contribution in [3.63, 3.8) is 0 Å². The van der Waals surface area contributed by atoms with Crippen LogP contribution in [0.4, 0.5) is 0 Å². The Balaban J connectivity index is 1.71. The van der Waals surface area contributed by atoms with Gasteiger partial charge in [0.25, 0.3) is 0 Å². The summed E-state index contributed by atoms with van der Waals surface area (Å²) in [6, 6.07) is 10.8. The quantitative estimate of drug-likeness (QED) is 0.227. The van der Waals surface area contributed by atoms with Gasteiger partial charge >= 0.3 is 0 Å². The van der Waals surface area contributed by atoms with Crippen molar-refractivity contribution in [3.05, 3.63) is 59.9 Å². The number of sulfone groups is 1. The summed E-state index contributed by atoms with van der Waals surface area (Å²) in [7, 11) is -3.67. The number of rotatable bonds is 14. The number of nitrogens with zero attached hydrogens (tertiary/aromatic N) is 2. The van der Waals surface area contributed by atoms with Crippen LogP contribution in [0.3, 0.4) is 0 Å². The number of hydrogen-bond acceptors (Lipinski definition) is 4. The average Bonchev–Trinajstić information content (AvgIpc) is 3.26. The van der Waals surface area contributed by atoms with Crippen LogP contribution < -0.4 is 4.74 Å². The maximum atomic E-state index is 13.7. The molecule has 0 radical (unpaired) electrons. The van der Waals surface area contributed by atoms with Crippen molar-refractivity contribution in [2.45, 2.75) is 82.4 Å². The van der Waals surface area contributed by atoms with Gasteiger partial charge in [0.2, 0.25) is 9.84 Å². The predicted molar refractivity (Wildman–Crippen MR) is 144 cm³/mol. The molecule has 1 aromatic carbocycles. The van der Waals surface area contributed by atoms with E-state index < -0.39 is 9.84 Å². The Morgan fingerprint density at radius 2 is 1.57 bits per heavy atom. The van der Waals surface area contributed by atoms with Crippen molar-refractivity contribution in [1.29, 1.82) is 0 Å². The smallest absolute Gasteiger partial charge is 0.209 e. The number of fused-ring (bicyclic) bond motifs is 1. The largest absolute Gasteiger partial charge is 0.494 e. The SMILES string of the molecule is CCCCN(CCCC)CCCOc1ccc(S(=O)(=O)c2c(C(C)C)cn3cccc(C)c23)cc1. The molecule has 3 aromatic rings. The summed E-state index contributed by atoms with van der Waals surface area (Å²) in [5.74, 6) is 0.801. The molecule has 192 valence electrons. The van der Waals surface area contributed by atoms with Gasteiger partial charge in [-0.2, -0.15) is 0 Å². The first-order valence-corrected chi connectivity index (χ1v) is 14.6. The first-order valence-electron chi connectivity index (χ1n) is 13.1. The van der Waals surface area contributed by atoms with Crippen LogP contribution in [0.15, 0.2) is 58.6 Å². The van der Waals surface area contributed by atoms with Gasteiger partial charge < -0.3 is 14.0 Å². The molecule has 0 amide bonds. The van der Waals surface area contributed by atoms with Crippen molar-refractivity contribution < 1.29 is 13.2 Å². The molecule has 0 saturated carbocycles. The lowest BCUT2D eigenvalue weighted by atomic mass is 10.1. The van der Waals surface area contributed by atoms with E-state index in [1.54, 1.807) is 24.3 Å². The lowest BCUT2D eigenvalue weighted by molar-refractivity contribution is 0.229. The molecule has 0 unspecified atom stereocenters. The summed E-state index contributed by atoms with van der Waals surface area (Å²) in [6.07, 6.45) is 9.71. The van der Waals surface area contributed by atoms with E-state index in [4.69, 9.17) is 4.74 Å². The van der Waals surface area contributed by atoms with Gasteiger partial charge in [-0.25, -0.2) is 8.42 Å². The Morgan fingerprint density at radius 3 is 2.17 bits per heavy atom. The minimum atomic E-state index is -3.67. The monoisotopic (exact) mass is 498 g/mol. The van der Waals surface area contributed by atoms with E-state index in [1.807, 2.05) is 49.7 Å². The molecule has 2 aromatic heterocycles. The lowest BCUT2D eigenvalue weighted by Crippen LogP contribution is -2.28. The molecular weight excluding hydrogens is 456 g/mol. The minimum Gasteiger partial charge on any atom is -0.494 e. The number of ether oxygens (including phenoxy) is 1. The second-order valence-corrected chi connectivity index (χ2v) is 11.6. The number of unbranched alkanes of at least 4 members (excludes halogenated alkanes) is 2. The van der Waals surface area contributed by atoms with Gasteiger partial charge in [0.15, 0.2) is 0 Å². The highest BCUT2D eigenvalue weighted by Crippen LogP contribution is 2.35. The molecule has 0 spiro atoms. The van der Waals surface area contributed by atoms with Crippen LogP contribution in [0.5, 0.6) is 5.75 Å². The topological polar surface area (TPSA) is 51.0 Å². The first-order chi connectivity index (χ1) is 16.8. The Morgan fingerprint density at radius 1 is 0.943 bits per heavy atom. The lowest BCUT2D eigenvalue weighted by Gasteiger charge is -2.21. The second-order valence-electron chi connectivity index (χ2n) is 9.74. The van der Waals surface area contributed by atoms with E-state index in [1.165, 1.54) is 25.7 Å². The summed E-state index contributed by atoms with van der Waals surface area (Å²) in [5.41, 5.74) is 2.55. The van der Waals surface area contributed by atoms with Crippen LogP contribution in [0.25, 0.3) is 5.52 Å². The van der Waals surface area contributed by atoms with E-state index in [-0.39, 0.29) is 5.92 Å². The molecule has 6 heteroatoms. The van der Waals surface area contributed by atoms with Crippen molar-refractivity contribution in [1.82, 2.24) is 9.30 Å². The molecule has 0 aliphatic carbocycles. The minimum absolute atomic E-state index is 0.0934. The summed E-state index contributed by atoms with van der Waals surface area (Å²) >= 11 is 0. The normalized spacial score (nSPS) is 12.2. The average molecular weight is 499 g/mol. The van der Waals surface area contributed by atoms with Crippen LogP contribution in [0, 0.1) is 6.92 Å². The van der Waals surface area contributed by atoms with Crippen LogP contribution in [-0.4, -0.2) is 44.0 Å². The zero-order valence-corrected chi connectivity index (χ0v) is 22.9. The summed E-state index contributed by atoms with van der Waals surface area (Å²) in [4.78, 5) is 3.25. The zero-order chi connectivity index (χ0) is 25.4. The molecular formula is C29H42N2O3S. The van der Waals surface area contributed by atoms with E-state index in [9.17, 15) is 8.42 Å². The van der Waals surface area contributed by atoms with Crippen molar-refractivity contribution in [3.8, 4) is 5.75 Å². The highest BCUT2D eigenvalue weighted by atomic mass is 32.2. The maximum Gasteiger partial charge on any atom is 0.209 e. The molecule has 2 heterocycles. The zero-order valence-electron chi connectivity index (χ0n) is 22.1. The molecule has 0 atom stereocenters. The molecule has 0 saturated heterocycles. The molecule has 0 fully saturated rings. The molecule has 0 aliphatic rings. The first kappa shape index (κ1) is 27.3. The fourth-order valence-corrected chi connectivity index (χ4v) is 6.34. The van der Waals surface area contributed by atoms with E-state index in [0.29, 0.717) is 22.1 Å². The van der Waals surface area contributed by atoms with Gasteiger partial charge in [0.05, 0.1) is 17.0 Å². The van der Waals surface area contributed by atoms with Gasteiger partial charge in [0.1, 0.15) is 10.6 Å².